The van der Waals surface area contributed by atoms with Crippen LogP contribution in [0.5, 0.6) is 11.5 Å². The Labute approximate surface area is 151 Å². The Balaban J connectivity index is 1.93. The van der Waals surface area contributed by atoms with E-state index in [9.17, 15) is 0 Å². The highest BCUT2D eigenvalue weighted by atomic mass is 16.5. The van der Waals surface area contributed by atoms with Crippen molar-refractivity contribution < 1.29 is 14.2 Å². The number of nitrogens with zero attached hydrogens (tertiary/aromatic N) is 2. The zero-order valence-electron chi connectivity index (χ0n) is 15.9. The fourth-order valence-corrected chi connectivity index (χ4v) is 3.07. The summed E-state index contributed by atoms with van der Waals surface area (Å²) in [7, 11) is 5.19. The molecular formula is C19H31N3O3. The van der Waals surface area contributed by atoms with E-state index in [-0.39, 0.29) is 0 Å². The fraction of sp³-hybridized carbons (Fsp3) is 0.632. The van der Waals surface area contributed by atoms with Crippen molar-refractivity contribution in [1.82, 2.24) is 10.2 Å². The second kappa shape index (κ2) is 10.1. The van der Waals surface area contributed by atoms with Gasteiger partial charge in [-0.2, -0.15) is 0 Å². The van der Waals surface area contributed by atoms with Gasteiger partial charge in [-0.15, -0.1) is 0 Å². The molecule has 0 amide bonds. The number of hydrogen-bond acceptors (Lipinski definition) is 4. The van der Waals surface area contributed by atoms with Crippen LogP contribution in [0.2, 0.25) is 0 Å². The van der Waals surface area contributed by atoms with Crippen LogP contribution in [0.3, 0.4) is 0 Å². The summed E-state index contributed by atoms with van der Waals surface area (Å²) < 4.78 is 16.2. The van der Waals surface area contributed by atoms with E-state index in [0.717, 1.165) is 69.6 Å². The first-order valence-corrected chi connectivity index (χ1v) is 9.00. The van der Waals surface area contributed by atoms with Crippen LogP contribution in [0.15, 0.2) is 17.1 Å². The molecule has 1 heterocycles. The van der Waals surface area contributed by atoms with E-state index in [1.807, 2.05) is 14.0 Å². The van der Waals surface area contributed by atoms with E-state index in [1.165, 1.54) is 11.1 Å². The topological polar surface area (TPSA) is 55.3 Å². The number of guanidine groups is 1. The van der Waals surface area contributed by atoms with E-state index in [0.29, 0.717) is 0 Å². The molecule has 0 aromatic heterocycles. The van der Waals surface area contributed by atoms with Crippen molar-refractivity contribution >= 4 is 5.96 Å². The second-order valence-electron chi connectivity index (χ2n) is 6.03. The van der Waals surface area contributed by atoms with Crippen LogP contribution in [-0.4, -0.2) is 58.4 Å². The van der Waals surface area contributed by atoms with Gasteiger partial charge in [0.2, 0.25) is 0 Å². The average Bonchev–Trinajstić information content (AvgIpc) is 2.66. The summed E-state index contributed by atoms with van der Waals surface area (Å²) in [5.41, 5.74) is 2.59. The van der Waals surface area contributed by atoms with Gasteiger partial charge in [0.15, 0.2) is 17.5 Å². The van der Waals surface area contributed by atoms with E-state index in [2.05, 4.69) is 27.3 Å². The lowest BCUT2D eigenvalue weighted by molar-refractivity contribution is 0.143. The van der Waals surface area contributed by atoms with Gasteiger partial charge >= 0.3 is 0 Å². The minimum atomic E-state index is 0.780. The van der Waals surface area contributed by atoms with Gasteiger partial charge < -0.3 is 24.4 Å². The number of unbranched alkanes of at least 4 members (excludes halogenated alkanes) is 1. The average molecular weight is 349 g/mol. The molecule has 0 saturated heterocycles. The first-order valence-electron chi connectivity index (χ1n) is 9.00. The highest BCUT2D eigenvalue weighted by molar-refractivity contribution is 5.80. The predicted octanol–water partition coefficient (Wildman–Crippen LogP) is 2.45. The highest BCUT2D eigenvalue weighted by Gasteiger charge is 2.21. The summed E-state index contributed by atoms with van der Waals surface area (Å²) in [6.45, 7) is 6.33. The van der Waals surface area contributed by atoms with Gasteiger partial charge in [-0.1, -0.05) is 0 Å². The number of methoxy groups -OCH3 is 2. The van der Waals surface area contributed by atoms with Crippen LogP contribution in [0.25, 0.3) is 0 Å². The molecule has 1 aliphatic rings. The van der Waals surface area contributed by atoms with Crippen molar-refractivity contribution in [3.05, 3.63) is 23.3 Å². The van der Waals surface area contributed by atoms with Gasteiger partial charge in [0.05, 0.1) is 14.2 Å². The molecule has 1 aromatic rings. The standard InChI is InChI=1S/C19H31N3O3/c1-5-25-11-7-6-9-21-19(20-2)22-10-8-15-12-17(23-3)18(24-4)13-16(15)14-22/h12-13H,5-11,14H2,1-4H3,(H,20,21). The van der Waals surface area contributed by atoms with Gasteiger partial charge in [0, 0.05) is 39.9 Å². The monoisotopic (exact) mass is 349 g/mol. The molecule has 2 rings (SSSR count). The van der Waals surface area contributed by atoms with Crippen LogP contribution in [-0.2, 0) is 17.7 Å². The fourth-order valence-electron chi connectivity index (χ4n) is 3.07. The molecule has 0 atom stereocenters. The number of hydrogen-bond donors (Lipinski definition) is 1. The largest absolute Gasteiger partial charge is 0.493 e. The Morgan fingerprint density at radius 3 is 2.52 bits per heavy atom. The summed E-state index contributed by atoms with van der Waals surface area (Å²) >= 11 is 0. The van der Waals surface area contributed by atoms with Gasteiger partial charge in [-0.05, 0) is 49.4 Å². The van der Waals surface area contributed by atoms with Gasteiger partial charge in [-0.3, -0.25) is 4.99 Å². The molecule has 6 heteroatoms. The van der Waals surface area contributed by atoms with Crippen LogP contribution in [0.4, 0.5) is 0 Å². The lowest BCUT2D eigenvalue weighted by Gasteiger charge is -2.32. The molecule has 0 unspecified atom stereocenters. The molecule has 0 radical (unpaired) electrons. The molecule has 0 spiro atoms. The Morgan fingerprint density at radius 2 is 1.88 bits per heavy atom. The molecule has 6 nitrogen and oxygen atoms in total. The van der Waals surface area contributed by atoms with Crippen molar-refractivity contribution in [2.45, 2.75) is 32.7 Å². The van der Waals surface area contributed by atoms with Crippen molar-refractivity contribution in [2.75, 3.05) is 47.6 Å². The van der Waals surface area contributed by atoms with Crippen molar-refractivity contribution in [2.24, 2.45) is 4.99 Å². The molecule has 1 aromatic carbocycles. The Morgan fingerprint density at radius 1 is 1.16 bits per heavy atom. The number of aliphatic imine (C=N–C) groups is 1. The van der Waals surface area contributed by atoms with E-state index >= 15 is 0 Å². The van der Waals surface area contributed by atoms with Crippen LogP contribution in [0, 0.1) is 0 Å². The SMILES string of the molecule is CCOCCCCNC(=NC)N1CCc2cc(OC)c(OC)cc2C1. The maximum atomic E-state index is 5.43. The summed E-state index contributed by atoms with van der Waals surface area (Å²) in [4.78, 5) is 6.73. The maximum absolute atomic E-state index is 5.43. The summed E-state index contributed by atoms with van der Waals surface area (Å²) in [6.07, 6.45) is 3.12. The summed E-state index contributed by atoms with van der Waals surface area (Å²) in [5, 5.41) is 3.46. The number of nitrogens with one attached hydrogen (secondary N) is 1. The Bertz CT molecular complexity index is 575. The second-order valence-corrected chi connectivity index (χ2v) is 6.03. The number of rotatable bonds is 8. The number of benzene rings is 1. The lowest BCUT2D eigenvalue weighted by Crippen LogP contribution is -2.44. The zero-order chi connectivity index (χ0) is 18.1. The first-order chi connectivity index (χ1) is 12.2. The van der Waals surface area contributed by atoms with Crippen LogP contribution < -0.4 is 14.8 Å². The van der Waals surface area contributed by atoms with Crippen molar-refractivity contribution in [3.8, 4) is 11.5 Å². The predicted molar refractivity (Wildman–Crippen MR) is 101 cm³/mol. The highest BCUT2D eigenvalue weighted by Crippen LogP contribution is 2.33. The minimum Gasteiger partial charge on any atom is -0.493 e. The number of fused-ring (bicyclic) bond motifs is 1. The molecule has 0 bridgehead atoms. The number of ether oxygens (including phenoxy) is 3. The van der Waals surface area contributed by atoms with Crippen molar-refractivity contribution in [1.29, 1.82) is 0 Å². The smallest absolute Gasteiger partial charge is 0.193 e. The van der Waals surface area contributed by atoms with E-state index in [1.54, 1.807) is 14.2 Å². The van der Waals surface area contributed by atoms with Crippen LogP contribution in [0.1, 0.15) is 30.9 Å². The molecule has 0 fully saturated rings. The van der Waals surface area contributed by atoms with Gasteiger partial charge in [0.25, 0.3) is 0 Å². The first kappa shape index (κ1) is 19.4. The quantitative estimate of drug-likeness (QED) is 0.444. The third-order valence-corrected chi connectivity index (χ3v) is 4.43. The zero-order valence-corrected chi connectivity index (χ0v) is 15.9. The molecular weight excluding hydrogens is 318 g/mol. The third kappa shape index (κ3) is 5.26. The third-order valence-electron chi connectivity index (χ3n) is 4.43. The van der Waals surface area contributed by atoms with Crippen molar-refractivity contribution in [3.63, 3.8) is 0 Å². The maximum Gasteiger partial charge on any atom is 0.193 e. The molecule has 0 saturated carbocycles. The lowest BCUT2D eigenvalue weighted by atomic mass is 9.99. The summed E-state index contributed by atoms with van der Waals surface area (Å²) in [5.74, 6) is 2.53. The Hall–Kier alpha value is -1.95. The Kier molecular flexibility index (Phi) is 7.85. The van der Waals surface area contributed by atoms with E-state index < -0.39 is 0 Å². The molecule has 1 aliphatic heterocycles. The van der Waals surface area contributed by atoms with Crippen LogP contribution >= 0.6 is 0 Å². The normalized spacial score (nSPS) is 14.2. The molecule has 0 aliphatic carbocycles. The minimum absolute atomic E-state index is 0.780. The molecule has 25 heavy (non-hydrogen) atoms. The van der Waals surface area contributed by atoms with Gasteiger partial charge in [-0.25, -0.2) is 0 Å². The molecule has 140 valence electrons. The van der Waals surface area contributed by atoms with Gasteiger partial charge in [0.1, 0.15) is 0 Å². The summed E-state index contributed by atoms with van der Waals surface area (Å²) in [6, 6.07) is 4.17. The van der Waals surface area contributed by atoms with E-state index in [4.69, 9.17) is 14.2 Å². The molecule has 1 N–H and O–H groups in total.